The minimum absolute atomic E-state index is 0.230. The van der Waals surface area contributed by atoms with Crippen LogP contribution in [0.3, 0.4) is 0 Å². The maximum absolute atomic E-state index is 13.2. The smallest absolute Gasteiger partial charge is 0.355 e. The zero-order valence-electron chi connectivity index (χ0n) is 12.2. The topological polar surface area (TPSA) is 65.8 Å². The lowest BCUT2D eigenvalue weighted by Gasteiger charge is -2.23. The fourth-order valence-corrected chi connectivity index (χ4v) is 2.34. The van der Waals surface area contributed by atoms with Crippen LogP contribution in [0.4, 0.5) is 13.2 Å². The van der Waals surface area contributed by atoms with Gasteiger partial charge in [0.1, 0.15) is 5.84 Å². The molecule has 1 aromatic heterocycles. The van der Waals surface area contributed by atoms with Gasteiger partial charge in [0.25, 0.3) is 5.91 Å². The minimum atomic E-state index is -5.22. The summed E-state index contributed by atoms with van der Waals surface area (Å²) in [5, 5.41) is 9.85. The van der Waals surface area contributed by atoms with Crippen molar-refractivity contribution in [1.82, 2.24) is 9.88 Å². The van der Waals surface area contributed by atoms with Crippen molar-refractivity contribution in [2.24, 2.45) is 4.99 Å². The molecule has 1 N–H and O–H groups in total. The maximum atomic E-state index is 13.2. The van der Waals surface area contributed by atoms with Crippen molar-refractivity contribution in [2.45, 2.75) is 18.4 Å². The van der Waals surface area contributed by atoms with E-state index >= 15 is 0 Å². The lowest BCUT2D eigenvalue weighted by Crippen LogP contribution is -2.52. The molecule has 0 radical (unpaired) electrons. The summed E-state index contributed by atoms with van der Waals surface area (Å²) in [5.74, 6) is -1.79. The fraction of sp³-hybridized carbons (Fsp3) is 0.188. The van der Waals surface area contributed by atoms with Gasteiger partial charge in [-0.05, 0) is 12.1 Å². The molecule has 8 heteroatoms. The van der Waals surface area contributed by atoms with E-state index in [2.05, 4.69) is 9.98 Å². The van der Waals surface area contributed by atoms with Crippen LogP contribution in [0.5, 0.6) is 0 Å². The summed E-state index contributed by atoms with van der Waals surface area (Å²) in [7, 11) is 0. The number of pyridine rings is 1. The summed E-state index contributed by atoms with van der Waals surface area (Å²) in [6.07, 6.45) is -3.76. The Balaban J connectivity index is 2.06. The predicted molar refractivity (Wildman–Crippen MR) is 78.8 cm³/mol. The number of carbonyl (C=O) groups excluding carboxylic acids is 1. The summed E-state index contributed by atoms with van der Waals surface area (Å²) in [5.41, 5.74) is -3.12. The second kappa shape index (κ2) is 5.72. The first-order chi connectivity index (χ1) is 11.3. The normalized spacial score (nSPS) is 21.1. The second-order valence-electron chi connectivity index (χ2n) is 5.18. The quantitative estimate of drug-likeness (QED) is 0.934. The summed E-state index contributed by atoms with van der Waals surface area (Å²) in [6.45, 7) is -0.230. The Hall–Kier alpha value is -2.74. The van der Waals surface area contributed by atoms with Crippen LogP contribution in [0, 0.1) is 0 Å². The van der Waals surface area contributed by atoms with E-state index in [1.807, 2.05) is 0 Å². The molecule has 0 aliphatic carbocycles. The highest BCUT2D eigenvalue weighted by molar-refractivity contribution is 6.14. The summed E-state index contributed by atoms with van der Waals surface area (Å²) < 4.78 is 39.5. The highest BCUT2D eigenvalue weighted by atomic mass is 19.4. The van der Waals surface area contributed by atoms with Crippen molar-refractivity contribution in [1.29, 1.82) is 0 Å². The maximum Gasteiger partial charge on any atom is 0.448 e. The molecule has 2 aromatic rings. The van der Waals surface area contributed by atoms with Crippen LogP contribution < -0.4 is 0 Å². The van der Waals surface area contributed by atoms with E-state index in [0.29, 0.717) is 11.3 Å². The molecule has 1 amide bonds. The molecule has 2 heterocycles. The Labute approximate surface area is 135 Å². The third-order valence-electron chi connectivity index (χ3n) is 3.54. The van der Waals surface area contributed by atoms with E-state index in [1.165, 1.54) is 18.3 Å². The molecule has 1 atom stereocenters. The fourth-order valence-electron chi connectivity index (χ4n) is 2.34. The number of aliphatic imine (C=N–C) groups is 1. The molecule has 1 aromatic carbocycles. The molecule has 124 valence electrons. The van der Waals surface area contributed by atoms with Crippen LogP contribution in [0.2, 0.25) is 0 Å². The van der Waals surface area contributed by atoms with Gasteiger partial charge in [-0.1, -0.05) is 36.4 Å². The third-order valence-corrected chi connectivity index (χ3v) is 3.54. The number of carbonyl (C=O) groups is 1. The SMILES string of the molecule is O=C1N(Cc2ccccn2)C(c2ccccc2)=N[C@@]1(O)C(F)(F)F. The van der Waals surface area contributed by atoms with Crippen molar-refractivity contribution < 1.29 is 23.1 Å². The van der Waals surface area contributed by atoms with Crippen LogP contribution in [0.25, 0.3) is 0 Å². The summed E-state index contributed by atoms with van der Waals surface area (Å²) in [6, 6.07) is 12.8. The van der Waals surface area contributed by atoms with E-state index in [4.69, 9.17) is 0 Å². The molecule has 0 spiro atoms. The number of halogens is 3. The van der Waals surface area contributed by atoms with Crippen LogP contribution in [-0.4, -0.2) is 38.6 Å². The molecule has 0 saturated carbocycles. The first kappa shape index (κ1) is 16.1. The van der Waals surface area contributed by atoms with Crippen molar-refractivity contribution >= 4 is 11.7 Å². The first-order valence-electron chi connectivity index (χ1n) is 6.99. The number of amides is 1. The number of benzene rings is 1. The largest absolute Gasteiger partial charge is 0.448 e. The molecule has 0 saturated heterocycles. The second-order valence-corrected chi connectivity index (χ2v) is 5.18. The number of aliphatic hydroxyl groups is 1. The number of amidine groups is 1. The molecule has 0 fully saturated rings. The van der Waals surface area contributed by atoms with E-state index in [1.54, 1.807) is 36.4 Å². The van der Waals surface area contributed by atoms with Gasteiger partial charge in [-0.2, -0.15) is 13.2 Å². The Morgan fingerprint density at radius 2 is 1.75 bits per heavy atom. The Bertz CT molecular complexity index is 778. The molecule has 0 unspecified atom stereocenters. The average Bonchev–Trinajstić information content (AvgIpc) is 2.83. The minimum Gasteiger partial charge on any atom is -0.355 e. The van der Waals surface area contributed by atoms with Crippen molar-refractivity contribution in [3.05, 3.63) is 66.0 Å². The van der Waals surface area contributed by atoms with Crippen LogP contribution in [0.15, 0.2) is 59.7 Å². The van der Waals surface area contributed by atoms with E-state index in [0.717, 1.165) is 4.90 Å². The standard InChI is InChI=1S/C16H12F3N3O2/c17-16(18,19)15(24)14(23)22(10-12-8-4-5-9-20-12)13(21-15)11-6-2-1-3-7-11/h1-9,24H,10H2/t15-/m0/s1. The highest BCUT2D eigenvalue weighted by Crippen LogP contribution is 2.38. The number of hydrogen-bond acceptors (Lipinski definition) is 4. The van der Waals surface area contributed by atoms with Crippen LogP contribution in [-0.2, 0) is 11.3 Å². The van der Waals surface area contributed by atoms with Gasteiger partial charge in [0.15, 0.2) is 0 Å². The highest BCUT2D eigenvalue weighted by Gasteiger charge is 2.65. The van der Waals surface area contributed by atoms with Crippen molar-refractivity contribution in [3.8, 4) is 0 Å². The monoisotopic (exact) mass is 335 g/mol. The molecule has 5 nitrogen and oxygen atoms in total. The number of nitrogens with zero attached hydrogens (tertiary/aromatic N) is 3. The predicted octanol–water partition coefficient (Wildman–Crippen LogP) is 2.12. The van der Waals surface area contributed by atoms with Gasteiger partial charge in [0, 0.05) is 11.8 Å². The van der Waals surface area contributed by atoms with Crippen LogP contribution in [0.1, 0.15) is 11.3 Å². The first-order valence-corrected chi connectivity index (χ1v) is 6.99. The molecule has 3 rings (SSSR count). The van der Waals surface area contributed by atoms with Gasteiger partial charge in [0.2, 0.25) is 0 Å². The Morgan fingerprint density at radius 3 is 2.33 bits per heavy atom. The molecule has 0 bridgehead atoms. The average molecular weight is 335 g/mol. The lowest BCUT2D eigenvalue weighted by atomic mass is 10.2. The summed E-state index contributed by atoms with van der Waals surface area (Å²) >= 11 is 0. The van der Waals surface area contributed by atoms with E-state index in [-0.39, 0.29) is 12.4 Å². The number of alkyl halides is 3. The van der Waals surface area contributed by atoms with E-state index in [9.17, 15) is 23.1 Å². The zero-order chi connectivity index (χ0) is 17.4. The van der Waals surface area contributed by atoms with Crippen molar-refractivity contribution in [2.75, 3.05) is 0 Å². The summed E-state index contributed by atoms with van der Waals surface area (Å²) in [4.78, 5) is 20.4. The van der Waals surface area contributed by atoms with Crippen LogP contribution >= 0.6 is 0 Å². The molecular formula is C16H12F3N3O2. The van der Waals surface area contributed by atoms with Gasteiger partial charge in [-0.15, -0.1) is 0 Å². The molecule has 24 heavy (non-hydrogen) atoms. The zero-order valence-corrected chi connectivity index (χ0v) is 12.2. The van der Waals surface area contributed by atoms with Crippen molar-refractivity contribution in [3.63, 3.8) is 0 Å². The van der Waals surface area contributed by atoms with Gasteiger partial charge >= 0.3 is 11.9 Å². The lowest BCUT2D eigenvalue weighted by molar-refractivity contribution is -0.248. The number of rotatable bonds is 3. The van der Waals surface area contributed by atoms with Gasteiger partial charge in [-0.25, -0.2) is 4.99 Å². The van der Waals surface area contributed by atoms with Gasteiger partial charge in [-0.3, -0.25) is 14.7 Å². The van der Waals surface area contributed by atoms with E-state index < -0.39 is 17.8 Å². The third kappa shape index (κ3) is 2.65. The number of aromatic nitrogens is 1. The molecular weight excluding hydrogens is 323 g/mol. The molecule has 1 aliphatic heterocycles. The van der Waals surface area contributed by atoms with Gasteiger partial charge < -0.3 is 5.11 Å². The molecule has 1 aliphatic rings. The Kier molecular flexibility index (Phi) is 3.84. The van der Waals surface area contributed by atoms with Gasteiger partial charge in [0.05, 0.1) is 12.2 Å². The Morgan fingerprint density at radius 1 is 1.08 bits per heavy atom. The number of hydrogen-bond donors (Lipinski definition) is 1.